The second-order valence-corrected chi connectivity index (χ2v) is 8.40. The van der Waals surface area contributed by atoms with Crippen molar-refractivity contribution in [3.63, 3.8) is 0 Å². The summed E-state index contributed by atoms with van der Waals surface area (Å²) in [6.45, 7) is 6.24. The standard InChI is InChI=1S/C14H26IN3O/c1-15-18(9-11-19-12-10-18)8-7-16-13-17-14-5-3-2-4-6-14/h14H,2-12H2,1H3. The van der Waals surface area contributed by atoms with E-state index in [-0.39, 0.29) is 21.5 Å². The van der Waals surface area contributed by atoms with E-state index in [0.717, 1.165) is 26.3 Å². The Morgan fingerprint density at radius 1 is 1.21 bits per heavy atom. The maximum absolute atomic E-state index is 5.47. The van der Waals surface area contributed by atoms with Gasteiger partial charge in [-0.05, 0) is 0 Å². The Balaban J connectivity index is 1.73. The van der Waals surface area contributed by atoms with Gasteiger partial charge in [0.15, 0.2) is 0 Å². The van der Waals surface area contributed by atoms with Crippen LogP contribution in [-0.4, -0.2) is 59.1 Å². The molecule has 0 bridgehead atoms. The molecule has 0 aromatic heterocycles. The topological polar surface area (TPSA) is 34.0 Å². The molecule has 4 nitrogen and oxygen atoms in total. The Bertz CT molecular complexity index is 317. The maximum atomic E-state index is 5.47. The van der Waals surface area contributed by atoms with Crippen LogP contribution in [-0.2, 0) is 4.74 Å². The Kier molecular flexibility index (Phi) is 6.77. The third kappa shape index (κ3) is 5.14. The molecular weight excluding hydrogens is 353 g/mol. The number of morpholine rings is 1. The van der Waals surface area contributed by atoms with Crippen molar-refractivity contribution in [2.75, 3.05) is 44.3 Å². The molecule has 2 rings (SSSR count). The molecule has 2 aliphatic rings. The van der Waals surface area contributed by atoms with Crippen molar-refractivity contribution in [2.24, 2.45) is 9.98 Å². The van der Waals surface area contributed by atoms with Crippen molar-refractivity contribution in [2.45, 2.75) is 38.1 Å². The molecule has 1 heterocycles. The van der Waals surface area contributed by atoms with Gasteiger partial charge in [0.05, 0.1) is 0 Å². The predicted molar refractivity (Wildman–Crippen MR) is 73.2 cm³/mol. The zero-order valence-electron chi connectivity index (χ0n) is 12.0. The van der Waals surface area contributed by atoms with Crippen LogP contribution in [0.25, 0.3) is 0 Å². The van der Waals surface area contributed by atoms with Crippen LogP contribution >= 0.6 is 0 Å². The van der Waals surface area contributed by atoms with Gasteiger partial charge in [-0.1, -0.05) is 0 Å². The second kappa shape index (κ2) is 8.35. The van der Waals surface area contributed by atoms with Crippen molar-refractivity contribution < 1.29 is 28.9 Å². The van der Waals surface area contributed by atoms with Gasteiger partial charge >= 0.3 is 127 Å². The monoisotopic (exact) mass is 379 g/mol. The van der Waals surface area contributed by atoms with Crippen LogP contribution in [0, 0.1) is 0 Å². The molecule has 0 radical (unpaired) electrons. The Labute approximate surface area is 127 Å². The summed E-state index contributed by atoms with van der Waals surface area (Å²) in [4.78, 5) is 11.3. The average Bonchev–Trinajstić information content (AvgIpc) is 2.49. The Hall–Kier alpha value is 0.0300. The summed E-state index contributed by atoms with van der Waals surface area (Å²) < 4.78 is 6.73. The molecule has 1 aliphatic heterocycles. The van der Waals surface area contributed by atoms with Crippen LogP contribution in [0.5, 0.6) is 0 Å². The summed E-state index contributed by atoms with van der Waals surface area (Å²) in [5.74, 6) is 0. The molecule has 0 spiro atoms. The first kappa shape index (κ1) is 15.4. The zero-order chi connectivity index (χ0) is 13.4. The Morgan fingerprint density at radius 3 is 2.63 bits per heavy atom. The number of halogens is 1. The third-order valence-corrected chi connectivity index (χ3v) is 7.62. The number of aliphatic imine (C=N–C) groups is 2. The van der Waals surface area contributed by atoms with Gasteiger partial charge in [-0.15, -0.1) is 0 Å². The van der Waals surface area contributed by atoms with E-state index < -0.39 is 0 Å². The van der Waals surface area contributed by atoms with Crippen molar-refractivity contribution in [1.29, 1.82) is 0 Å². The number of rotatable bonds is 5. The summed E-state index contributed by atoms with van der Waals surface area (Å²) in [5, 5.41) is 0. The molecule has 0 atom stereocenters. The van der Waals surface area contributed by atoms with Crippen molar-refractivity contribution in [3.05, 3.63) is 0 Å². The molecule has 0 aromatic carbocycles. The fourth-order valence-electron chi connectivity index (χ4n) is 2.76. The molecule has 110 valence electrons. The van der Waals surface area contributed by atoms with Gasteiger partial charge in [0, 0.05) is 0 Å². The summed E-state index contributed by atoms with van der Waals surface area (Å²) in [6.07, 6.45) is 6.51. The fourth-order valence-corrected chi connectivity index (χ4v) is 4.82. The fraction of sp³-hybridized carbons (Fsp3) is 0.929. The summed E-state index contributed by atoms with van der Waals surface area (Å²) >= 11 is 0.203. The van der Waals surface area contributed by atoms with Gasteiger partial charge in [0.2, 0.25) is 0 Å². The normalized spacial score (nSPS) is 23.8. The van der Waals surface area contributed by atoms with E-state index in [9.17, 15) is 0 Å². The van der Waals surface area contributed by atoms with E-state index in [4.69, 9.17) is 4.74 Å². The van der Waals surface area contributed by atoms with Gasteiger partial charge in [-0.25, -0.2) is 0 Å². The van der Waals surface area contributed by atoms with E-state index >= 15 is 0 Å². The molecule has 0 unspecified atom stereocenters. The van der Waals surface area contributed by atoms with E-state index in [1.807, 2.05) is 0 Å². The molecule has 0 amide bonds. The van der Waals surface area contributed by atoms with Crippen LogP contribution < -0.4 is 21.5 Å². The first-order valence-corrected chi connectivity index (χ1v) is 10.5. The summed E-state index contributed by atoms with van der Waals surface area (Å²) in [5.41, 5.74) is 0. The van der Waals surface area contributed by atoms with Crippen molar-refractivity contribution >= 4 is 6.01 Å². The van der Waals surface area contributed by atoms with E-state index in [2.05, 4.69) is 20.9 Å². The van der Waals surface area contributed by atoms with E-state index in [0.29, 0.717) is 6.04 Å². The number of alkyl halides is 1. The number of nitrogens with zero attached hydrogens (tertiary/aromatic N) is 3. The zero-order valence-corrected chi connectivity index (χ0v) is 14.1. The molecule has 1 saturated heterocycles. The molecule has 0 aromatic rings. The van der Waals surface area contributed by atoms with Gasteiger partial charge < -0.3 is 0 Å². The molecule has 0 N–H and O–H groups in total. The van der Waals surface area contributed by atoms with Crippen LogP contribution in [0.2, 0.25) is 0 Å². The van der Waals surface area contributed by atoms with Crippen LogP contribution in [0.4, 0.5) is 0 Å². The van der Waals surface area contributed by atoms with E-state index in [1.54, 1.807) is 0 Å². The molecule has 5 heteroatoms. The van der Waals surface area contributed by atoms with E-state index in [1.165, 1.54) is 47.9 Å². The van der Waals surface area contributed by atoms with Crippen molar-refractivity contribution in [3.8, 4) is 0 Å². The number of hydrogen-bond donors (Lipinski definition) is 0. The molecule has 19 heavy (non-hydrogen) atoms. The van der Waals surface area contributed by atoms with Gasteiger partial charge in [0.25, 0.3) is 0 Å². The average molecular weight is 379 g/mol. The number of ether oxygens (including phenoxy) is 1. The summed E-state index contributed by atoms with van der Waals surface area (Å²) in [7, 11) is 0. The summed E-state index contributed by atoms with van der Waals surface area (Å²) in [6, 6.07) is 3.46. The number of hydrogen-bond acceptors (Lipinski definition) is 3. The quantitative estimate of drug-likeness (QED) is 0.261. The second-order valence-electron chi connectivity index (χ2n) is 5.38. The predicted octanol–water partition coefficient (Wildman–Crippen LogP) is -1.03. The molecule has 1 aliphatic carbocycles. The van der Waals surface area contributed by atoms with Crippen LogP contribution in [0.1, 0.15) is 32.1 Å². The van der Waals surface area contributed by atoms with Gasteiger partial charge in [-0.2, -0.15) is 0 Å². The van der Waals surface area contributed by atoms with Crippen molar-refractivity contribution in [1.82, 2.24) is 0 Å². The van der Waals surface area contributed by atoms with Crippen LogP contribution in [0.15, 0.2) is 9.98 Å². The molecule has 2 fully saturated rings. The minimum absolute atomic E-state index is 0.203. The van der Waals surface area contributed by atoms with Crippen LogP contribution in [0.3, 0.4) is 0 Å². The number of quaternary nitrogens is 1. The minimum atomic E-state index is 0.203. The third-order valence-electron chi connectivity index (χ3n) is 4.13. The Morgan fingerprint density at radius 2 is 1.95 bits per heavy atom. The first-order chi connectivity index (χ1) is 9.35. The van der Waals surface area contributed by atoms with Gasteiger partial charge in [0.1, 0.15) is 0 Å². The first-order valence-electron chi connectivity index (χ1n) is 7.41. The molecule has 1 saturated carbocycles. The van der Waals surface area contributed by atoms with Gasteiger partial charge in [-0.3, -0.25) is 0 Å². The molecular formula is C14H26IN3O. The SMILES string of the molecule is C[I-][N+]1(CCN=C=NC2CCCCC2)CCOCC1.